The van der Waals surface area contributed by atoms with Crippen LogP contribution in [0.5, 0.6) is 0 Å². The van der Waals surface area contributed by atoms with E-state index in [0.29, 0.717) is 11.6 Å². The van der Waals surface area contributed by atoms with Crippen LogP contribution in [-0.4, -0.2) is 16.9 Å². The number of hydrogen-bond donors (Lipinski definition) is 1. The van der Waals surface area contributed by atoms with Crippen LogP contribution in [-0.2, 0) is 0 Å². The highest BCUT2D eigenvalue weighted by Gasteiger charge is 2.37. The first-order valence-corrected chi connectivity index (χ1v) is 12.2. The molecule has 3 atom stereocenters. The average Bonchev–Trinajstić information content (AvgIpc) is 3.36. The first-order chi connectivity index (χ1) is 13.2. The van der Waals surface area contributed by atoms with Crippen LogP contribution in [0.3, 0.4) is 0 Å². The summed E-state index contributed by atoms with van der Waals surface area (Å²) >= 11 is 0. The Balaban J connectivity index is 0.000000299. The molecule has 0 saturated heterocycles. The van der Waals surface area contributed by atoms with Crippen LogP contribution in [0.4, 0.5) is 0 Å². The Morgan fingerprint density at radius 1 is 0.778 bits per heavy atom. The van der Waals surface area contributed by atoms with Gasteiger partial charge in [0, 0.05) is 0 Å². The highest BCUT2D eigenvalue weighted by molar-refractivity contribution is 7.73. The second-order valence-corrected chi connectivity index (χ2v) is 10.8. The van der Waals surface area contributed by atoms with Crippen LogP contribution < -0.4 is 10.6 Å². The summed E-state index contributed by atoms with van der Waals surface area (Å²) in [7, 11) is -0.384. The zero-order valence-electron chi connectivity index (χ0n) is 16.9. The van der Waals surface area contributed by atoms with Crippen molar-refractivity contribution in [3.63, 3.8) is 0 Å². The van der Waals surface area contributed by atoms with E-state index in [-0.39, 0.29) is 14.0 Å². The summed E-state index contributed by atoms with van der Waals surface area (Å²) in [5, 5.41) is 13.1. The molecule has 0 aliphatic heterocycles. The fourth-order valence-electron chi connectivity index (χ4n) is 4.69. The van der Waals surface area contributed by atoms with Crippen LogP contribution in [0.1, 0.15) is 58.8 Å². The Hall–Kier alpha value is -1.17. The molecule has 3 unspecified atom stereocenters. The molecular formula is C25H35OP. The molecule has 2 aliphatic carbocycles. The molecule has 2 fully saturated rings. The van der Waals surface area contributed by atoms with Crippen molar-refractivity contribution in [2.75, 3.05) is 0 Å². The van der Waals surface area contributed by atoms with Gasteiger partial charge in [-0.25, -0.2) is 0 Å². The van der Waals surface area contributed by atoms with Crippen LogP contribution in [0.25, 0.3) is 0 Å². The Kier molecular flexibility index (Phi) is 7.92. The Labute approximate surface area is 167 Å². The van der Waals surface area contributed by atoms with Gasteiger partial charge in [0.05, 0.1) is 6.10 Å². The van der Waals surface area contributed by atoms with Crippen LogP contribution >= 0.6 is 7.92 Å². The molecule has 0 spiro atoms. The van der Waals surface area contributed by atoms with E-state index in [0.717, 1.165) is 5.92 Å². The number of benzene rings is 2. The van der Waals surface area contributed by atoms with Crippen molar-refractivity contribution in [3.8, 4) is 0 Å². The quantitative estimate of drug-likeness (QED) is 0.656. The van der Waals surface area contributed by atoms with E-state index in [1.165, 1.54) is 55.6 Å². The van der Waals surface area contributed by atoms with Gasteiger partial charge in [0.2, 0.25) is 0 Å². The number of aliphatic hydroxyl groups is 1. The minimum absolute atomic E-state index is 0.199. The largest absolute Gasteiger partial charge is 0.393 e. The van der Waals surface area contributed by atoms with E-state index in [1.54, 1.807) is 0 Å². The Morgan fingerprint density at radius 2 is 1.30 bits per heavy atom. The first-order valence-electron chi connectivity index (χ1n) is 10.7. The molecule has 2 aliphatic rings. The van der Waals surface area contributed by atoms with E-state index in [9.17, 15) is 5.11 Å². The lowest BCUT2D eigenvalue weighted by atomic mass is 10.0. The molecule has 2 aromatic rings. The lowest BCUT2D eigenvalue weighted by Gasteiger charge is -2.31. The van der Waals surface area contributed by atoms with Gasteiger partial charge in [-0.3, -0.25) is 0 Å². The van der Waals surface area contributed by atoms with E-state index in [1.807, 2.05) is 6.92 Å². The maximum Gasteiger partial charge on any atom is 0.0546 e. The molecule has 1 N–H and O–H groups in total. The van der Waals surface area contributed by atoms with Crippen LogP contribution in [0, 0.1) is 11.8 Å². The van der Waals surface area contributed by atoms with E-state index < -0.39 is 0 Å². The summed E-state index contributed by atoms with van der Waals surface area (Å²) in [6.07, 6.45) is 9.40. The molecule has 4 rings (SSSR count). The van der Waals surface area contributed by atoms with Gasteiger partial charge < -0.3 is 5.11 Å². The van der Waals surface area contributed by atoms with Crippen LogP contribution in [0.15, 0.2) is 60.7 Å². The van der Waals surface area contributed by atoms with Gasteiger partial charge in [-0.2, -0.15) is 0 Å². The normalized spacial score (nSPS) is 23.9. The van der Waals surface area contributed by atoms with Gasteiger partial charge in [0.25, 0.3) is 0 Å². The summed E-state index contributed by atoms with van der Waals surface area (Å²) in [5.74, 6) is 1.49. The van der Waals surface area contributed by atoms with Crippen molar-refractivity contribution in [2.24, 2.45) is 11.8 Å². The topological polar surface area (TPSA) is 20.2 Å². The molecule has 27 heavy (non-hydrogen) atoms. The fourth-order valence-corrected chi connectivity index (χ4v) is 7.96. The van der Waals surface area contributed by atoms with Gasteiger partial charge in [0.15, 0.2) is 0 Å². The maximum atomic E-state index is 10.2. The molecule has 1 nitrogen and oxygen atoms in total. The van der Waals surface area contributed by atoms with E-state index in [2.05, 4.69) is 67.6 Å². The Morgan fingerprint density at radius 3 is 1.70 bits per heavy atom. The van der Waals surface area contributed by atoms with Gasteiger partial charge in [-0.15, -0.1) is 0 Å². The molecule has 2 heteroatoms. The van der Waals surface area contributed by atoms with E-state index >= 15 is 0 Å². The van der Waals surface area contributed by atoms with Crippen molar-refractivity contribution < 1.29 is 5.11 Å². The van der Waals surface area contributed by atoms with Gasteiger partial charge in [-0.05, 0) is 55.8 Å². The SMILES string of the molecule is CC(O)C1CCCC1P(c1ccccc1)c1ccccc1.CC1CCCC1. The molecule has 146 valence electrons. The van der Waals surface area contributed by atoms with Gasteiger partial charge >= 0.3 is 0 Å². The molecular weight excluding hydrogens is 347 g/mol. The fraction of sp³-hybridized carbons (Fsp3) is 0.520. The third kappa shape index (κ3) is 5.66. The second kappa shape index (κ2) is 10.4. The lowest BCUT2D eigenvalue weighted by Crippen LogP contribution is -2.30. The monoisotopic (exact) mass is 382 g/mol. The number of aliphatic hydroxyl groups excluding tert-OH is 1. The van der Waals surface area contributed by atoms with Gasteiger partial charge in [-0.1, -0.05) is 99.7 Å². The predicted octanol–water partition coefficient (Wildman–Crippen LogP) is 5.87. The summed E-state index contributed by atoms with van der Waals surface area (Å²) < 4.78 is 0. The van der Waals surface area contributed by atoms with Crippen molar-refractivity contribution in [1.82, 2.24) is 0 Å². The zero-order valence-corrected chi connectivity index (χ0v) is 17.8. The third-order valence-corrected chi connectivity index (χ3v) is 9.21. The molecule has 0 amide bonds. The second-order valence-electron chi connectivity index (χ2n) is 8.33. The summed E-state index contributed by atoms with van der Waals surface area (Å²) in [6, 6.07) is 21.8. The van der Waals surface area contributed by atoms with Crippen molar-refractivity contribution in [2.45, 2.75) is 70.6 Å². The van der Waals surface area contributed by atoms with Crippen molar-refractivity contribution in [3.05, 3.63) is 60.7 Å². The predicted molar refractivity (Wildman–Crippen MR) is 120 cm³/mol. The standard InChI is InChI=1S/C19H23OP.C6H12/c1-15(20)18-13-8-14-19(18)21(16-9-4-2-5-10-16)17-11-6-3-7-12-17;1-6-4-2-3-5-6/h2-7,9-12,15,18-20H,8,13-14H2,1H3;6H,2-5H2,1H3. The summed E-state index contributed by atoms with van der Waals surface area (Å²) in [5.41, 5.74) is 0.602. The van der Waals surface area contributed by atoms with Crippen molar-refractivity contribution >= 4 is 18.5 Å². The van der Waals surface area contributed by atoms with Gasteiger partial charge in [0.1, 0.15) is 0 Å². The molecule has 0 bridgehead atoms. The molecule has 2 aromatic carbocycles. The minimum atomic E-state index is -0.384. The number of hydrogen-bond acceptors (Lipinski definition) is 1. The number of rotatable bonds is 4. The molecule has 2 saturated carbocycles. The van der Waals surface area contributed by atoms with E-state index in [4.69, 9.17) is 0 Å². The van der Waals surface area contributed by atoms with Crippen molar-refractivity contribution in [1.29, 1.82) is 0 Å². The first kappa shape index (κ1) is 20.6. The third-order valence-electron chi connectivity index (χ3n) is 6.20. The smallest absolute Gasteiger partial charge is 0.0546 e. The maximum absolute atomic E-state index is 10.2. The highest BCUT2D eigenvalue weighted by Crippen LogP contribution is 2.50. The average molecular weight is 383 g/mol. The zero-order chi connectivity index (χ0) is 19.1. The minimum Gasteiger partial charge on any atom is -0.393 e. The molecule has 0 aromatic heterocycles. The summed E-state index contributed by atoms with van der Waals surface area (Å²) in [6.45, 7) is 4.31. The lowest BCUT2D eigenvalue weighted by molar-refractivity contribution is 0.131. The molecule has 0 heterocycles. The molecule has 0 radical (unpaired) electrons. The van der Waals surface area contributed by atoms with Crippen LogP contribution in [0.2, 0.25) is 0 Å². The Bertz CT molecular complexity index is 609. The highest BCUT2D eigenvalue weighted by atomic mass is 31.1. The summed E-state index contributed by atoms with van der Waals surface area (Å²) in [4.78, 5) is 0.